The molecule has 0 fully saturated rings. The zero-order valence-corrected chi connectivity index (χ0v) is 10.2. The fraction of sp³-hybridized carbons (Fsp3) is 0.308. The van der Waals surface area contributed by atoms with Gasteiger partial charge in [-0.2, -0.15) is 0 Å². The van der Waals surface area contributed by atoms with Gasteiger partial charge in [-0.15, -0.1) is 0 Å². The molecule has 0 aliphatic heterocycles. The highest BCUT2D eigenvalue weighted by atomic mass is 16.3. The maximum absolute atomic E-state index is 5.71. The number of nitrogens with zero attached hydrogens (tertiary/aromatic N) is 2. The topological polar surface area (TPSA) is 55.3 Å². The highest BCUT2D eigenvalue weighted by Crippen LogP contribution is 2.11. The fourth-order valence-corrected chi connectivity index (χ4v) is 1.75. The van der Waals surface area contributed by atoms with Crippen LogP contribution in [-0.2, 0) is 13.1 Å². The van der Waals surface area contributed by atoms with Gasteiger partial charge in [0.05, 0.1) is 12.2 Å². The lowest BCUT2D eigenvalue weighted by atomic mass is 10.3. The average Bonchev–Trinajstić information content (AvgIpc) is 2.63. The average molecular weight is 231 g/mol. The minimum atomic E-state index is 0.747. The summed E-state index contributed by atoms with van der Waals surface area (Å²) in [7, 11) is 2.03. The third-order valence-electron chi connectivity index (χ3n) is 2.49. The Kier molecular flexibility index (Phi) is 3.44. The Hall–Kier alpha value is -1.81. The van der Waals surface area contributed by atoms with E-state index in [1.54, 1.807) is 12.3 Å². The SMILES string of the molecule is Cc1ccc(CN(C)Cc2cc(N)ccn2)o1. The van der Waals surface area contributed by atoms with Crippen LogP contribution in [0.5, 0.6) is 0 Å². The van der Waals surface area contributed by atoms with Crippen LogP contribution >= 0.6 is 0 Å². The Morgan fingerprint density at radius 2 is 2.12 bits per heavy atom. The Morgan fingerprint density at radius 3 is 2.76 bits per heavy atom. The van der Waals surface area contributed by atoms with Crippen LogP contribution in [0.1, 0.15) is 17.2 Å². The second-order valence-corrected chi connectivity index (χ2v) is 4.27. The molecular formula is C13H17N3O. The van der Waals surface area contributed by atoms with Gasteiger partial charge in [0, 0.05) is 18.4 Å². The first kappa shape index (κ1) is 11.7. The number of furan rings is 1. The van der Waals surface area contributed by atoms with Crippen LogP contribution in [-0.4, -0.2) is 16.9 Å². The van der Waals surface area contributed by atoms with Gasteiger partial charge >= 0.3 is 0 Å². The predicted molar refractivity (Wildman–Crippen MR) is 67.3 cm³/mol. The van der Waals surface area contributed by atoms with Gasteiger partial charge in [-0.25, -0.2) is 0 Å². The number of aryl methyl sites for hydroxylation is 1. The maximum atomic E-state index is 5.71. The molecule has 0 bridgehead atoms. The van der Waals surface area contributed by atoms with Gasteiger partial charge in [0.1, 0.15) is 11.5 Å². The van der Waals surface area contributed by atoms with Crippen molar-refractivity contribution in [1.29, 1.82) is 0 Å². The number of nitrogen functional groups attached to an aromatic ring is 1. The number of pyridine rings is 1. The Morgan fingerprint density at radius 1 is 1.29 bits per heavy atom. The molecule has 0 aromatic carbocycles. The normalized spacial score (nSPS) is 11.0. The molecule has 4 nitrogen and oxygen atoms in total. The molecule has 0 radical (unpaired) electrons. The first-order valence-electron chi connectivity index (χ1n) is 5.58. The number of nitrogens with two attached hydrogens (primary N) is 1. The van der Waals surface area contributed by atoms with E-state index in [-0.39, 0.29) is 0 Å². The van der Waals surface area contributed by atoms with Crippen molar-refractivity contribution in [3.8, 4) is 0 Å². The van der Waals surface area contributed by atoms with Crippen molar-refractivity contribution in [2.24, 2.45) is 0 Å². The summed E-state index contributed by atoms with van der Waals surface area (Å²) >= 11 is 0. The van der Waals surface area contributed by atoms with Crippen LogP contribution < -0.4 is 5.73 Å². The summed E-state index contributed by atoms with van der Waals surface area (Å²) in [5.74, 6) is 1.91. The highest BCUT2D eigenvalue weighted by Gasteiger charge is 2.05. The second kappa shape index (κ2) is 5.01. The van der Waals surface area contributed by atoms with E-state index in [4.69, 9.17) is 10.2 Å². The van der Waals surface area contributed by atoms with Crippen LogP contribution in [0, 0.1) is 6.92 Å². The Labute approximate surface area is 101 Å². The molecule has 2 rings (SSSR count). The van der Waals surface area contributed by atoms with Crippen molar-refractivity contribution in [2.75, 3.05) is 12.8 Å². The smallest absolute Gasteiger partial charge is 0.118 e. The quantitative estimate of drug-likeness (QED) is 0.876. The van der Waals surface area contributed by atoms with Gasteiger partial charge in [-0.1, -0.05) is 0 Å². The van der Waals surface area contributed by atoms with Gasteiger partial charge in [0.15, 0.2) is 0 Å². The summed E-state index contributed by atoms with van der Waals surface area (Å²) in [4.78, 5) is 6.41. The lowest BCUT2D eigenvalue weighted by Crippen LogP contribution is -2.17. The molecule has 0 aliphatic carbocycles. The van der Waals surface area contributed by atoms with Gasteiger partial charge in [-0.3, -0.25) is 9.88 Å². The van der Waals surface area contributed by atoms with Crippen molar-refractivity contribution in [3.05, 3.63) is 47.7 Å². The molecule has 2 aromatic rings. The lowest BCUT2D eigenvalue weighted by molar-refractivity contribution is 0.282. The predicted octanol–water partition coefficient (Wildman–Crippen LogP) is 2.20. The third-order valence-corrected chi connectivity index (χ3v) is 2.49. The van der Waals surface area contributed by atoms with Crippen LogP contribution in [0.15, 0.2) is 34.9 Å². The van der Waals surface area contributed by atoms with E-state index >= 15 is 0 Å². The summed E-state index contributed by atoms with van der Waals surface area (Å²) in [6.45, 7) is 3.47. The zero-order chi connectivity index (χ0) is 12.3. The molecule has 2 heterocycles. The van der Waals surface area contributed by atoms with Gasteiger partial charge in [-0.05, 0) is 38.2 Å². The number of anilines is 1. The van der Waals surface area contributed by atoms with Crippen molar-refractivity contribution in [3.63, 3.8) is 0 Å². The van der Waals surface area contributed by atoms with Crippen molar-refractivity contribution in [2.45, 2.75) is 20.0 Å². The van der Waals surface area contributed by atoms with Gasteiger partial charge < -0.3 is 10.2 Å². The Bertz CT molecular complexity index is 493. The molecule has 17 heavy (non-hydrogen) atoms. The van der Waals surface area contributed by atoms with Crippen LogP contribution in [0.2, 0.25) is 0 Å². The minimum Gasteiger partial charge on any atom is -0.465 e. The largest absolute Gasteiger partial charge is 0.465 e. The summed E-state index contributed by atoms with van der Waals surface area (Å²) in [6, 6.07) is 7.66. The molecule has 0 saturated carbocycles. The third kappa shape index (κ3) is 3.32. The fourth-order valence-electron chi connectivity index (χ4n) is 1.75. The molecule has 0 spiro atoms. The molecule has 4 heteroatoms. The summed E-state index contributed by atoms with van der Waals surface area (Å²) in [6.07, 6.45) is 1.73. The maximum Gasteiger partial charge on any atom is 0.118 e. The molecule has 0 amide bonds. The van der Waals surface area contributed by atoms with E-state index in [0.29, 0.717) is 0 Å². The van der Waals surface area contributed by atoms with Crippen molar-refractivity contribution in [1.82, 2.24) is 9.88 Å². The van der Waals surface area contributed by atoms with E-state index in [9.17, 15) is 0 Å². The van der Waals surface area contributed by atoms with E-state index in [1.165, 1.54) is 0 Å². The molecule has 2 aromatic heterocycles. The summed E-state index contributed by atoms with van der Waals surface area (Å²) in [5, 5.41) is 0. The molecule has 90 valence electrons. The molecule has 2 N–H and O–H groups in total. The first-order chi connectivity index (χ1) is 8.13. The number of hydrogen-bond donors (Lipinski definition) is 1. The van der Waals surface area contributed by atoms with Crippen LogP contribution in [0.3, 0.4) is 0 Å². The van der Waals surface area contributed by atoms with E-state index in [2.05, 4.69) is 9.88 Å². The first-order valence-corrected chi connectivity index (χ1v) is 5.58. The molecule has 0 atom stereocenters. The van der Waals surface area contributed by atoms with Crippen LogP contribution in [0.4, 0.5) is 5.69 Å². The molecular weight excluding hydrogens is 214 g/mol. The number of aromatic nitrogens is 1. The molecule has 0 saturated heterocycles. The Balaban J connectivity index is 1.95. The van der Waals surface area contributed by atoms with Gasteiger partial charge in [0.25, 0.3) is 0 Å². The minimum absolute atomic E-state index is 0.747. The van der Waals surface area contributed by atoms with E-state index in [1.807, 2.05) is 32.2 Å². The highest BCUT2D eigenvalue weighted by molar-refractivity contribution is 5.37. The monoisotopic (exact) mass is 231 g/mol. The van der Waals surface area contributed by atoms with E-state index in [0.717, 1.165) is 36.0 Å². The molecule has 0 unspecified atom stereocenters. The summed E-state index contributed by atoms with van der Waals surface area (Å²) in [5.41, 5.74) is 7.43. The molecule has 0 aliphatic rings. The number of rotatable bonds is 4. The lowest BCUT2D eigenvalue weighted by Gasteiger charge is -2.14. The van der Waals surface area contributed by atoms with Crippen LogP contribution in [0.25, 0.3) is 0 Å². The van der Waals surface area contributed by atoms with E-state index < -0.39 is 0 Å². The summed E-state index contributed by atoms with van der Waals surface area (Å²) < 4.78 is 5.53. The standard InChI is InChI=1S/C13H17N3O/c1-10-3-4-13(17-10)9-16(2)8-12-7-11(14)5-6-15-12/h3-7H,8-9H2,1-2H3,(H2,14,15). The van der Waals surface area contributed by atoms with Crippen molar-refractivity contribution >= 4 is 5.69 Å². The zero-order valence-electron chi connectivity index (χ0n) is 10.2. The van der Waals surface area contributed by atoms with Crippen molar-refractivity contribution < 1.29 is 4.42 Å². The second-order valence-electron chi connectivity index (χ2n) is 4.27. The van der Waals surface area contributed by atoms with Gasteiger partial charge in [0.2, 0.25) is 0 Å². The number of hydrogen-bond acceptors (Lipinski definition) is 4.